The second kappa shape index (κ2) is 3.48. The monoisotopic (exact) mass is 224 g/mol. The number of nitriles is 1. The molecule has 0 aromatic carbocycles. The van der Waals surface area contributed by atoms with Gasteiger partial charge < -0.3 is 4.98 Å². The molecule has 2 rings (SSSR count). The minimum absolute atomic E-state index is 0.317. The largest absolute Gasteiger partial charge is 0.345 e. The van der Waals surface area contributed by atoms with Crippen LogP contribution in [0.15, 0.2) is 11.4 Å². The fourth-order valence-electron chi connectivity index (χ4n) is 1.15. The summed E-state index contributed by atoms with van der Waals surface area (Å²) in [7, 11) is 0. The highest BCUT2D eigenvalue weighted by molar-refractivity contribution is 7.98. The average molecular weight is 225 g/mol. The first kappa shape index (κ1) is 9.31. The zero-order valence-corrected chi connectivity index (χ0v) is 8.78. The van der Waals surface area contributed by atoms with Gasteiger partial charge >= 0.3 is 0 Å². The average Bonchev–Trinajstić information content (AvgIpc) is 2.61. The summed E-state index contributed by atoms with van der Waals surface area (Å²) in [6.07, 6.45) is 3.45. The van der Waals surface area contributed by atoms with Crippen molar-refractivity contribution in [1.29, 1.82) is 5.26 Å². The molecular weight excluding hydrogens is 220 g/mol. The van der Waals surface area contributed by atoms with E-state index in [0.717, 1.165) is 0 Å². The number of hydrogen-bond acceptors (Lipinski definition) is 4. The minimum atomic E-state index is 0.317. The lowest BCUT2D eigenvalue weighted by Gasteiger charge is -1.97. The van der Waals surface area contributed by atoms with Crippen LogP contribution in [0, 0.1) is 11.3 Å². The molecule has 0 saturated carbocycles. The number of thioether (sulfide) groups is 1. The van der Waals surface area contributed by atoms with Crippen molar-refractivity contribution < 1.29 is 0 Å². The van der Waals surface area contributed by atoms with Gasteiger partial charge in [0.25, 0.3) is 0 Å². The van der Waals surface area contributed by atoms with Crippen LogP contribution in [-0.4, -0.2) is 21.2 Å². The lowest BCUT2D eigenvalue weighted by Crippen LogP contribution is -1.88. The van der Waals surface area contributed by atoms with Crippen molar-refractivity contribution in [2.75, 3.05) is 6.26 Å². The summed E-state index contributed by atoms with van der Waals surface area (Å²) in [6.45, 7) is 0. The number of fused-ring (bicyclic) bond motifs is 1. The second-order valence-corrected chi connectivity index (χ2v) is 3.67. The van der Waals surface area contributed by atoms with Gasteiger partial charge in [-0.05, 0) is 6.26 Å². The van der Waals surface area contributed by atoms with Crippen LogP contribution in [0.5, 0.6) is 0 Å². The molecule has 0 fully saturated rings. The predicted octanol–water partition coefficient (Wildman–Crippen LogP) is 2.20. The van der Waals surface area contributed by atoms with E-state index in [1.54, 1.807) is 6.20 Å². The first-order chi connectivity index (χ1) is 6.76. The summed E-state index contributed by atoms with van der Waals surface area (Å²) in [5.74, 6) is 0. The van der Waals surface area contributed by atoms with Crippen molar-refractivity contribution in [3.8, 4) is 6.07 Å². The maximum Gasteiger partial charge on any atom is 0.190 e. The van der Waals surface area contributed by atoms with Crippen LogP contribution in [0.25, 0.3) is 11.0 Å². The van der Waals surface area contributed by atoms with Crippen LogP contribution < -0.4 is 0 Å². The smallest absolute Gasteiger partial charge is 0.190 e. The van der Waals surface area contributed by atoms with Crippen molar-refractivity contribution in [1.82, 2.24) is 15.0 Å². The van der Waals surface area contributed by atoms with E-state index in [1.165, 1.54) is 11.8 Å². The Balaban J connectivity index is 2.80. The second-order valence-electron chi connectivity index (χ2n) is 2.54. The lowest BCUT2D eigenvalue weighted by molar-refractivity contribution is 0.999. The zero-order chi connectivity index (χ0) is 10.1. The number of H-pyrrole nitrogens is 1. The molecule has 0 aliphatic heterocycles. The molecule has 6 heteroatoms. The molecular formula is C8H5ClN4S. The van der Waals surface area contributed by atoms with E-state index >= 15 is 0 Å². The van der Waals surface area contributed by atoms with E-state index in [9.17, 15) is 0 Å². The first-order valence-corrected chi connectivity index (χ1v) is 5.35. The number of hydrogen-bond donors (Lipinski definition) is 1. The van der Waals surface area contributed by atoms with E-state index in [4.69, 9.17) is 16.9 Å². The van der Waals surface area contributed by atoms with Crippen LogP contribution in [0.4, 0.5) is 0 Å². The molecule has 0 atom stereocenters. The first-order valence-electron chi connectivity index (χ1n) is 3.75. The summed E-state index contributed by atoms with van der Waals surface area (Å²) < 4.78 is 0. The van der Waals surface area contributed by atoms with Gasteiger partial charge in [-0.1, -0.05) is 23.4 Å². The Bertz CT molecular complexity index is 528. The Morgan fingerprint density at radius 2 is 2.36 bits per heavy atom. The number of nitrogens with one attached hydrogen (secondary N) is 1. The van der Waals surface area contributed by atoms with Crippen molar-refractivity contribution in [3.63, 3.8) is 0 Å². The molecule has 14 heavy (non-hydrogen) atoms. The summed E-state index contributed by atoms with van der Waals surface area (Å²) in [6, 6.07) is 2.03. The molecule has 0 spiro atoms. The molecule has 0 amide bonds. The number of aromatic nitrogens is 3. The Morgan fingerprint density at radius 1 is 1.57 bits per heavy atom. The molecule has 0 radical (unpaired) electrons. The van der Waals surface area contributed by atoms with Crippen LogP contribution >= 0.6 is 23.4 Å². The van der Waals surface area contributed by atoms with Crippen LogP contribution in [-0.2, 0) is 0 Å². The Kier molecular flexibility index (Phi) is 2.32. The fraction of sp³-hybridized carbons (Fsp3) is 0.125. The summed E-state index contributed by atoms with van der Waals surface area (Å²) in [5, 5.41) is 10.3. The van der Waals surface area contributed by atoms with E-state index in [1.807, 2.05) is 12.3 Å². The van der Waals surface area contributed by atoms with Gasteiger partial charge in [0.1, 0.15) is 16.9 Å². The van der Waals surface area contributed by atoms with Crippen molar-refractivity contribution in [2.24, 2.45) is 0 Å². The van der Waals surface area contributed by atoms with Crippen LogP contribution in [0.1, 0.15) is 5.56 Å². The van der Waals surface area contributed by atoms with Gasteiger partial charge in [0, 0.05) is 6.20 Å². The quantitative estimate of drug-likeness (QED) is 0.458. The zero-order valence-electron chi connectivity index (χ0n) is 7.21. The highest BCUT2D eigenvalue weighted by atomic mass is 35.5. The van der Waals surface area contributed by atoms with Gasteiger partial charge in [-0.3, -0.25) is 0 Å². The standard InChI is InChI=1S/C8H5ClN4S/c1-14-8-12-6(9)5-4(2-10)3-11-7(5)13-8/h3H,1H3,(H,11,12,13). The number of rotatable bonds is 1. The van der Waals surface area contributed by atoms with Crippen LogP contribution in [0.2, 0.25) is 5.15 Å². The third-order valence-corrected chi connectivity index (χ3v) is 2.59. The van der Waals surface area contributed by atoms with Gasteiger partial charge in [-0.2, -0.15) is 5.26 Å². The van der Waals surface area contributed by atoms with Crippen molar-refractivity contribution in [3.05, 3.63) is 16.9 Å². The molecule has 0 aliphatic carbocycles. The normalized spacial score (nSPS) is 10.4. The topological polar surface area (TPSA) is 65.4 Å². The predicted molar refractivity (Wildman–Crippen MR) is 55.4 cm³/mol. The third kappa shape index (κ3) is 1.33. The lowest BCUT2D eigenvalue weighted by atomic mass is 10.3. The van der Waals surface area contributed by atoms with Crippen LogP contribution in [0.3, 0.4) is 0 Å². The van der Waals surface area contributed by atoms with Gasteiger partial charge in [0.2, 0.25) is 0 Å². The third-order valence-electron chi connectivity index (χ3n) is 1.77. The molecule has 2 aromatic heterocycles. The van der Waals surface area contributed by atoms with Crippen molar-refractivity contribution >= 4 is 34.4 Å². The molecule has 70 valence electrons. The maximum atomic E-state index is 8.79. The summed E-state index contributed by atoms with van der Waals surface area (Å²) >= 11 is 7.34. The number of nitrogens with zero attached hydrogens (tertiary/aromatic N) is 3. The molecule has 0 bridgehead atoms. The molecule has 1 N–H and O–H groups in total. The Hall–Kier alpha value is -1.25. The fourth-order valence-corrected chi connectivity index (χ4v) is 1.84. The maximum absolute atomic E-state index is 8.79. The van der Waals surface area contributed by atoms with E-state index in [2.05, 4.69) is 15.0 Å². The van der Waals surface area contributed by atoms with E-state index in [-0.39, 0.29) is 0 Å². The Morgan fingerprint density at radius 3 is 3.00 bits per heavy atom. The van der Waals surface area contributed by atoms with E-state index in [0.29, 0.717) is 26.9 Å². The molecule has 4 nitrogen and oxygen atoms in total. The van der Waals surface area contributed by atoms with Crippen molar-refractivity contribution in [2.45, 2.75) is 5.16 Å². The number of aromatic amines is 1. The van der Waals surface area contributed by atoms with Gasteiger partial charge in [0.05, 0.1) is 10.9 Å². The highest BCUT2D eigenvalue weighted by Crippen LogP contribution is 2.25. The Labute approximate surface area is 89.3 Å². The molecule has 2 heterocycles. The molecule has 0 saturated heterocycles. The molecule has 2 aromatic rings. The summed E-state index contributed by atoms with van der Waals surface area (Å²) in [4.78, 5) is 11.1. The molecule has 0 aliphatic rings. The number of halogens is 1. The van der Waals surface area contributed by atoms with E-state index < -0.39 is 0 Å². The van der Waals surface area contributed by atoms with Gasteiger partial charge in [-0.15, -0.1) is 0 Å². The van der Waals surface area contributed by atoms with Gasteiger partial charge in [0.15, 0.2) is 5.16 Å². The molecule has 0 unspecified atom stereocenters. The SMILES string of the molecule is CSc1nc(Cl)c2c(C#N)c[nH]c2n1. The summed E-state index contributed by atoms with van der Waals surface area (Å²) in [5.41, 5.74) is 1.07. The van der Waals surface area contributed by atoms with Gasteiger partial charge in [-0.25, -0.2) is 9.97 Å². The highest BCUT2D eigenvalue weighted by Gasteiger charge is 2.11. The minimum Gasteiger partial charge on any atom is -0.345 e.